The van der Waals surface area contributed by atoms with Gasteiger partial charge in [-0.2, -0.15) is 0 Å². The number of carbonyl (C=O) groups excluding carboxylic acids is 1. The molecule has 1 aromatic carbocycles. The SMILES string of the molecule is CCN1CCN(C(=O)c2cc(C)nc(Nc3cccc(Cl)c3Cl)n2)CC1. The molecule has 1 N–H and O–H groups in total. The van der Waals surface area contributed by atoms with E-state index in [0.717, 1.165) is 19.6 Å². The third-order valence-corrected chi connectivity index (χ3v) is 5.20. The number of nitrogens with one attached hydrogen (secondary N) is 1. The zero-order chi connectivity index (χ0) is 18.7. The van der Waals surface area contributed by atoms with Crippen LogP contribution in [-0.4, -0.2) is 58.4 Å². The first-order valence-corrected chi connectivity index (χ1v) is 9.32. The molecule has 1 aliphatic heterocycles. The topological polar surface area (TPSA) is 61.4 Å². The van der Waals surface area contributed by atoms with E-state index < -0.39 is 0 Å². The van der Waals surface area contributed by atoms with E-state index in [4.69, 9.17) is 23.2 Å². The van der Waals surface area contributed by atoms with Crippen LogP contribution in [0.15, 0.2) is 24.3 Å². The zero-order valence-corrected chi connectivity index (χ0v) is 16.3. The van der Waals surface area contributed by atoms with E-state index in [1.54, 1.807) is 24.3 Å². The van der Waals surface area contributed by atoms with Crippen LogP contribution >= 0.6 is 23.2 Å². The highest BCUT2D eigenvalue weighted by Crippen LogP contribution is 2.31. The first-order valence-electron chi connectivity index (χ1n) is 8.56. The average molecular weight is 394 g/mol. The molecule has 0 unspecified atom stereocenters. The van der Waals surface area contributed by atoms with Crippen molar-refractivity contribution >= 4 is 40.7 Å². The highest BCUT2D eigenvalue weighted by molar-refractivity contribution is 6.43. The van der Waals surface area contributed by atoms with Gasteiger partial charge in [0, 0.05) is 31.9 Å². The molecule has 1 aliphatic rings. The van der Waals surface area contributed by atoms with Crippen molar-refractivity contribution < 1.29 is 4.79 Å². The molecular weight excluding hydrogens is 373 g/mol. The van der Waals surface area contributed by atoms with Crippen molar-refractivity contribution in [1.29, 1.82) is 0 Å². The third-order valence-electron chi connectivity index (χ3n) is 4.38. The molecule has 8 heteroatoms. The standard InChI is InChI=1S/C18H21Cl2N5O/c1-3-24-7-9-25(10-8-24)17(26)15-11-12(2)21-18(23-15)22-14-6-4-5-13(19)16(14)20/h4-6,11H,3,7-10H2,1-2H3,(H,21,22,23). The van der Waals surface area contributed by atoms with Crippen LogP contribution in [0.3, 0.4) is 0 Å². The molecule has 26 heavy (non-hydrogen) atoms. The molecule has 0 atom stereocenters. The number of likely N-dealkylation sites (N-methyl/N-ethyl adjacent to an activating group) is 1. The van der Waals surface area contributed by atoms with Crippen LogP contribution in [-0.2, 0) is 0 Å². The molecule has 3 rings (SSSR count). The molecule has 2 aromatic rings. The molecule has 0 radical (unpaired) electrons. The first kappa shape index (κ1) is 18.9. The van der Waals surface area contributed by atoms with Gasteiger partial charge >= 0.3 is 0 Å². The number of nitrogens with zero attached hydrogens (tertiary/aromatic N) is 4. The molecule has 138 valence electrons. The minimum atomic E-state index is -0.0773. The molecule has 1 aromatic heterocycles. The van der Waals surface area contributed by atoms with Gasteiger partial charge in [0.05, 0.1) is 15.7 Å². The first-order chi connectivity index (χ1) is 12.5. The summed E-state index contributed by atoms with van der Waals surface area (Å²) >= 11 is 12.2. The second-order valence-corrected chi connectivity index (χ2v) is 6.96. The lowest BCUT2D eigenvalue weighted by Crippen LogP contribution is -2.48. The van der Waals surface area contributed by atoms with Crippen molar-refractivity contribution in [2.75, 3.05) is 38.0 Å². The molecule has 0 aliphatic carbocycles. The summed E-state index contributed by atoms with van der Waals surface area (Å²) in [5, 5.41) is 3.88. The fourth-order valence-corrected chi connectivity index (χ4v) is 3.23. The fourth-order valence-electron chi connectivity index (χ4n) is 2.88. The summed E-state index contributed by atoms with van der Waals surface area (Å²) in [4.78, 5) is 25.7. The lowest BCUT2D eigenvalue weighted by molar-refractivity contribution is 0.0637. The number of hydrogen-bond donors (Lipinski definition) is 1. The number of aryl methyl sites for hydroxylation is 1. The third kappa shape index (κ3) is 4.26. The van der Waals surface area contributed by atoms with Gasteiger partial charge in [-0.1, -0.05) is 36.2 Å². The second-order valence-electron chi connectivity index (χ2n) is 6.17. The maximum atomic E-state index is 12.8. The predicted molar refractivity (Wildman–Crippen MR) is 105 cm³/mol. The van der Waals surface area contributed by atoms with Gasteiger partial charge in [0.1, 0.15) is 5.69 Å². The minimum Gasteiger partial charge on any atom is -0.335 e. The maximum absolute atomic E-state index is 12.8. The lowest BCUT2D eigenvalue weighted by atomic mass is 10.2. The summed E-state index contributed by atoms with van der Waals surface area (Å²) in [6.45, 7) is 8.15. The Morgan fingerprint density at radius 1 is 1.19 bits per heavy atom. The van der Waals surface area contributed by atoms with Crippen molar-refractivity contribution in [3.05, 3.63) is 45.7 Å². The van der Waals surface area contributed by atoms with Gasteiger partial charge < -0.3 is 15.1 Å². The van der Waals surface area contributed by atoms with E-state index in [2.05, 4.69) is 27.1 Å². The Balaban J connectivity index is 1.79. The normalized spacial score (nSPS) is 15.2. The van der Waals surface area contributed by atoms with Crippen LogP contribution < -0.4 is 5.32 Å². The van der Waals surface area contributed by atoms with Crippen molar-refractivity contribution in [3.8, 4) is 0 Å². The molecule has 1 amide bonds. The van der Waals surface area contributed by atoms with Gasteiger partial charge in [0.25, 0.3) is 5.91 Å². The smallest absolute Gasteiger partial charge is 0.272 e. The van der Waals surface area contributed by atoms with Crippen molar-refractivity contribution in [3.63, 3.8) is 0 Å². The number of aromatic nitrogens is 2. The molecular formula is C18H21Cl2N5O. The van der Waals surface area contributed by atoms with E-state index >= 15 is 0 Å². The van der Waals surface area contributed by atoms with E-state index in [1.807, 2.05) is 11.8 Å². The largest absolute Gasteiger partial charge is 0.335 e. The zero-order valence-electron chi connectivity index (χ0n) is 14.8. The van der Waals surface area contributed by atoms with Crippen LogP contribution in [0.4, 0.5) is 11.6 Å². The van der Waals surface area contributed by atoms with Gasteiger partial charge in [-0.25, -0.2) is 9.97 Å². The fraction of sp³-hybridized carbons (Fsp3) is 0.389. The van der Waals surface area contributed by atoms with E-state index in [-0.39, 0.29) is 5.91 Å². The van der Waals surface area contributed by atoms with Crippen molar-refractivity contribution in [1.82, 2.24) is 19.8 Å². The van der Waals surface area contributed by atoms with Crippen LogP contribution in [0.2, 0.25) is 10.0 Å². The van der Waals surface area contributed by atoms with E-state index in [9.17, 15) is 4.79 Å². The number of piperazine rings is 1. The molecule has 1 saturated heterocycles. The van der Waals surface area contributed by atoms with Gasteiger partial charge in [-0.05, 0) is 31.7 Å². The quantitative estimate of drug-likeness (QED) is 0.859. The molecule has 0 saturated carbocycles. The van der Waals surface area contributed by atoms with Crippen LogP contribution in [0, 0.1) is 6.92 Å². The Morgan fingerprint density at radius 3 is 2.62 bits per heavy atom. The van der Waals surface area contributed by atoms with E-state index in [1.165, 1.54) is 0 Å². The lowest BCUT2D eigenvalue weighted by Gasteiger charge is -2.33. The summed E-state index contributed by atoms with van der Waals surface area (Å²) in [7, 11) is 0. The van der Waals surface area contributed by atoms with E-state index in [0.29, 0.717) is 46.2 Å². The highest BCUT2D eigenvalue weighted by Gasteiger charge is 2.23. The monoisotopic (exact) mass is 393 g/mol. The molecule has 1 fully saturated rings. The van der Waals surface area contributed by atoms with Gasteiger partial charge in [0.15, 0.2) is 0 Å². The maximum Gasteiger partial charge on any atom is 0.272 e. The van der Waals surface area contributed by atoms with Crippen LogP contribution in [0.5, 0.6) is 0 Å². The average Bonchev–Trinajstić information content (AvgIpc) is 2.64. The number of hydrogen-bond acceptors (Lipinski definition) is 5. The highest BCUT2D eigenvalue weighted by atomic mass is 35.5. The number of carbonyl (C=O) groups is 1. The Labute approximate surface area is 163 Å². The van der Waals surface area contributed by atoms with Crippen LogP contribution in [0.25, 0.3) is 0 Å². The number of rotatable bonds is 4. The molecule has 0 spiro atoms. The number of benzene rings is 1. The molecule has 6 nitrogen and oxygen atoms in total. The van der Waals surface area contributed by atoms with Crippen molar-refractivity contribution in [2.45, 2.75) is 13.8 Å². The second kappa shape index (κ2) is 8.20. The number of halogens is 2. The summed E-state index contributed by atoms with van der Waals surface area (Å²) < 4.78 is 0. The Kier molecular flexibility index (Phi) is 5.96. The molecule has 2 heterocycles. The number of amides is 1. The summed E-state index contributed by atoms with van der Waals surface area (Å²) in [6, 6.07) is 6.98. The summed E-state index contributed by atoms with van der Waals surface area (Å²) in [6.07, 6.45) is 0. The Bertz CT molecular complexity index is 806. The predicted octanol–water partition coefficient (Wildman–Crippen LogP) is 3.61. The minimum absolute atomic E-state index is 0.0773. The molecule has 0 bridgehead atoms. The van der Waals surface area contributed by atoms with Gasteiger partial charge in [-0.3, -0.25) is 4.79 Å². The summed E-state index contributed by atoms with van der Waals surface area (Å²) in [5.41, 5.74) is 1.68. The Morgan fingerprint density at radius 2 is 1.92 bits per heavy atom. The van der Waals surface area contributed by atoms with Crippen LogP contribution in [0.1, 0.15) is 23.1 Å². The van der Waals surface area contributed by atoms with Gasteiger partial charge in [-0.15, -0.1) is 0 Å². The van der Waals surface area contributed by atoms with Crippen molar-refractivity contribution in [2.24, 2.45) is 0 Å². The van der Waals surface area contributed by atoms with Gasteiger partial charge in [0.2, 0.25) is 5.95 Å². The number of anilines is 2. The Hall–Kier alpha value is -1.89. The summed E-state index contributed by atoms with van der Waals surface area (Å²) in [5.74, 6) is 0.246.